The van der Waals surface area contributed by atoms with Gasteiger partial charge in [0.15, 0.2) is 0 Å². The van der Waals surface area contributed by atoms with E-state index in [9.17, 15) is 13.6 Å². The predicted molar refractivity (Wildman–Crippen MR) is 74.7 cm³/mol. The van der Waals surface area contributed by atoms with Crippen LogP contribution in [0.1, 0.15) is 18.1 Å². The van der Waals surface area contributed by atoms with Crippen molar-refractivity contribution >= 4 is 16.8 Å². The predicted octanol–water partition coefficient (Wildman–Crippen LogP) is 4.23. The third-order valence-corrected chi connectivity index (χ3v) is 3.78. The summed E-state index contributed by atoms with van der Waals surface area (Å²) in [6.45, 7) is 1.56. The molecule has 20 heavy (non-hydrogen) atoms. The lowest BCUT2D eigenvalue weighted by atomic mass is 9.78. The molecule has 0 fully saturated rings. The zero-order chi connectivity index (χ0) is 14.8. The largest absolute Gasteiger partial charge is 0.280 e. The van der Waals surface area contributed by atoms with Crippen LogP contribution < -0.4 is 0 Å². The number of carbonyl (C=O) groups excluding carboxylic acids is 1. The maximum Gasteiger partial charge on any atom is 0.232 e. The van der Waals surface area contributed by atoms with Crippen LogP contribution in [0, 0.1) is 11.6 Å². The molecule has 0 aliphatic rings. The Bertz CT molecular complexity index is 628. The number of halogens is 3. The number of benzene rings is 2. The minimum atomic E-state index is -1.24. The third kappa shape index (κ3) is 2.88. The van der Waals surface area contributed by atoms with Gasteiger partial charge in [-0.1, -0.05) is 36.4 Å². The van der Waals surface area contributed by atoms with Gasteiger partial charge < -0.3 is 0 Å². The zero-order valence-electron chi connectivity index (χ0n) is 10.9. The van der Waals surface area contributed by atoms with Gasteiger partial charge >= 0.3 is 0 Å². The van der Waals surface area contributed by atoms with Crippen molar-refractivity contribution in [3.8, 4) is 0 Å². The molecule has 0 radical (unpaired) electrons. The summed E-state index contributed by atoms with van der Waals surface area (Å²) < 4.78 is 27.0. The average Bonchev–Trinajstić information content (AvgIpc) is 2.39. The Morgan fingerprint density at radius 3 is 2.35 bits per heavy atom. The van der Waals surface area contributed by atoms with Gasteiger partial charge in [-0.25, -0.2) is 8.78 Å². The molecule has 0 saturated heterocycles. The molecular weight excluding hydrogens is 282 g/mol. The highest BCUT2D eigenvalue weighted by Crippen LogP contribution is 2.33. The lowest BCUT2D eigenvalue weighted by Gasteiger charge is -2.26. The van der Waals surface area contributed by atoms with Crippen molar-refractivity contribution in [3.63, 3.8) is 0 Å². The molecule has 1 atom stereocenters. The summed E-state index contributed by atoms with van der Waals surface area (Å²) in [6.07, 6.45) is 0.249. The van der Waals surface area contributed by atoms with Gasteiger partial charge in [0.2, 0.25) is 5.24 Å². The smallest absolute Gasteiger partial charge is 0.232 e. The van der Waals surface area contributed by atoms with Gasteiger partial charge in [0.1, 0.15) is 11.6 Å². The molecule has 0 heterocycles. The Hall–Kier alpha value is -1.74. The summed E-state index contributed by atoms with van der Waals surface area (Å²) in [6, 6.07) is 12.3. The highest BCUT2D eigenvalue weighted by Gasteiger charge is 2.36. The Kier molecular flexibility index (Phi) is 4.19. The molecule has 0 amide bonds. The van der Waals surface area contributed by atoms with E-state index >= 15 is 0 Å². The molecule has 0 aromatic heterocycles. The van der Waals surface area contributed by atoms with E-state index in [1.54, 1.807) is 6.92 Å². The number of hydrogen-bond acceptors (Lipinski definition) is 1. The molecule has 0 N–H and O–H groups in total. The molecule has 0 saturated carbocycles. The van der Waals surface area contributed by atoms with Crippen LogP contribution in [0.25, 0.3) is 0 Å². The van der Waals surface area contributed by atoms with Gasteiger partial charge in [-0.05, 0) is 36.6 Å². The quantitative estimate of drug-likeness (QED) is 0.771. The van der Waals surface area contributed by atoms with Crippen molar-refractivity contribution in [3.05, 3.63) is 71.3 Å². The van der Waals surface area contributed by atoms with Crippen molar-refractivity contribution < 1.29 is 13.6 Å². The topological polar surface area (TPSA) is 17.1 Å². The molecule has 4 heteroatoms. The normalized spacial score (nSPS) is 13.8. The molecule has 104 valence electrons. The van der Waals surface area contributed by atoms with Crippen molar-refractivity contribution in [1.82, 2.24) is 0 Å². The van der Waals surface area contributed by atoms with Crippen LogP contribution in [-0.2, 0) is 16.6 Å². The minimum Gasteiger partial charge on any atom is -0.280 e. The standard InChI is InChI=1S/C16H13ClF2O/c1-16(15(17)20,10-11-5-3-2-4-6-11)13-8-7-12(18)9-14(13)19/h2-9H,10H2,1H3. The Morgan fingerprint density at radius 2 is 1.80 bits per heavy atom. The maximum atomic E-state index is 14.0. The summed E-state index contributed by atoms with van der Waals surface area (Å²) >= 11 is 5.68. The average molecular weight is 295 g/mol. The second kappa shape index (κ2) is 5.71. The van der Waals surface area contributed by atoms with Crippen molar-refractivity contribution in [2.75, 3.05) is 0 Å². The van der Waals surface area contributed by atoms with E-state index in [1.165, 1.54) is 6.07 Å². The van der Waals surface area contributed by atoms with E-state index in [-0.39, 0.29) is 12.0 Å². The van der Waals surface area contributed by atoms with Crippen LogP contribution in [-0.4, -0.2) is 5.24 Å². The molecule has 2 aromatic rings. The van der Waals surface area contributed by atoms with Gasteiger partial charge in [0.05, 0.1) is 5.41 Å². The molecular formula is C16H13ClF2O. The first-order chi connectivity index (χ1) is 9.43. The van der Waals surface area contributed by atoms with E-state index < -0.39 is 22.3 Å². The van der Waals surface area contributed by atoms with Gasteiger partial charge in [-0.3, -0.25) is 4.79 Å². The fourth-order valence-corrected chi connectivity index (χ4v) is 2.38. The highest BCUT2D eigenvalue weighted by atomic mass is 35.5. The van der Waals surface area contributed by atoms with Crippen molar-refractivity contribution in [1.29, 1.82) is 0 Å². The minimum absolute atomic E-state index is 0.0998. The van der Waals surface area contributed by atoms with Crippen LogP contribution in [0.2, 0.25) is 0 Å². The SMILES string of the molecule is CC(Cc1ccccc1)(C(=O)Cl)c1ccc(F)cc1F. The molecule has 1 unspecified atom stereocenters. The summed E-state index contributed by atoms with van der Waals surface area (Å²) in [4.78, 5) is 11.8. The molecule has 0 aliphatic heterocycles. The molecule has 0 bridgehead atoms. The molecule has 2 aromatic carbocycles. The van der Waals surface area contributed by atoms with Crippen LogP contribution in [0.3, 0.4) is 0 Å². The second-order valence-electron chi connectivity index (χ2n) is 4.89. The van der Waals surface area contributed by atoms with Crippen LogP contribution in [0.15, 0.2) is 48.5 Å². The van der Waals surface area contributed by atoms with E-state index in [2.05, 4.69) is 0 Å². The number of rotatable bonds is 4. The molecule has 2 rings (SSSR count). The summed E-state index contributed by atoms with van der Waals surface area (Å²) in [5.41, 5.74) is -0.281. The van der Waals surface area contributed by atoms with Gasteiger partial charge in [-0.2, -0.15) is 0 Å². The summed E-state index contributed by atoms with van der Waals surface area (Å²) in [5.74, 6) is -1.45. The molecule has 0 aliphatic carbocycles. The van der Waals surface area contributed by atoms with Crippen LogP contribution in [0.4, 0.5) is 8.78 Å². The Morgan fingerprint density at radius 1 is 1.15 bits per heavy atom. The summed E-state index contributed by atoms with van der Waals surface area (Å²) in [5, 5.41) is -0.674. The first-order valence-electron chi connectivity index (χ1n) is 6.13. The van der Waals surface area contributed by atoms with E-state index in [0.29, 0.717) is 0 Å². The van der Waals surface area contributed by atoms with Crippen molar-refractivity contribution in [2.24, 2.45) is 0 Å². The maximum absolute atomic E-state index is 14.0. The fraction of sp³-hybridized carbons (Fsp3) is 0.188. The monoisotopic (exact) mass is 294 g/mol. The zero-order valence-corrected chi connectivity index (χ0v) is 11.6. The lowest BCUT2D eigenvalue weighted by molar-refractivity contribution is -0.116. The number of hydrogen-bond donors (Lipinski definition) is 0. The second-order valence-corrected chi connectivity index (χ2v) is 5.24. The van der Waals surface area contributed by atoms with E-state index in [4.69, 9.17) is 11.6 Å². The van der Waals surface area contributed by atoms with Gasteiger partial charge in [0, 0.05) is 11.6 Å². The molecule has 1 nitrogen and oxygen atoms in total. The highest BCUT2D eigenvalue weighted by molar-refractivity contribution is 6.65. The fourth-order valence-electron chi connectivity index (χ4n) is 2.21. The third-order valence-electron chi connectivity index (χ3n) is 3.36. The Labute approximate surface area is 121 Å². The lowest BCUT2D eigenvalue weighted by Crippen LogP contribution is -2.33. The first kappa shape index (κ1) is 14.7. The van der Waals surface area contributed by atoms with Crippen molar-refractivity contribution in [2.45, 2.75) is 18.8 Å². The van der Waals surface area contributed by atoms with E-state index in [1.807, 2.05) is 30.3 Å². The first-order valence-corrected chi connectivity index (χ1v) is 6.50. The van der Waals surface area contributed by atoms with Gasteiger partial charge in [0.25, 0.3) is 0 Å². The van der Waals surface area contributed by atoms with Crippen LogP contribution >= 0.6 is 11.6 Å². The van der Waals surface area contributed by atoms with Gasteiger partial charge in [-0.15, -0.1) is 0 Å². The van der Waals surface area contributed by atoms with Crippen LogP contribution in [0.5, 0.6) is 0 Å². The summed E-state index contributed by atoms with van der Waals surface area (Å²) in [7, 11) is 0. The molecule has 0 spiro atoms. The van der Waals surface area contributed by atoms with E-state index in [0.717, 1.165) is 17.7 Å². The Balaban J connectivity index is 2.47. The number of carbonyl (C=O) groups is 1.